The van der Waals surface area contributed by atoms with E-state index in [0.717, 1.165) is 31.3 Å². The summed E-state index contributed by atoms with van der Waals surface area (Å²) in [7, 11) is 5.80. The zero-order valence-electron chi connectivity index (χ0n) is 17.3. The Balaban J connectivity index is 0.00000364. The van der Waals surface area contributed by atoms with Gasteiger partial charge in [0.15, 0.2) is 5.96 Å². The highest BCUT2D eigenvalue weighted by Gasteiger charge is 2.30. The molecule has 2 atom stereocenters. The summed E-state index contributed by atoms with van der Waals surface area (Å²) in [6.45, 7) is 5.30. The van der Waals surface area contributed by atoms with Gasteiger partial charge in [-0.1, -0.05) is 31.9 Å². The molecule has 2 rings (SSSR count). The van der Waals surface area contributed by atoms with E-state index in [1.807, 2.05) is 7.05 Å². The van der Waals surface area contributed by atoms with Gasteiger partial charge in [-0.25, -0.2) is 0 Å². The number of aliphatic imine (C=N–C) groups is 1. The molecule has 27 heavy (non-hydrogen) atoms. The van der Waals surface area contributed by atoms with Gasteiger partial charge in [0, 0.05) is 26.2 Å². The van der Waals surface area contributed by atoms with Gasteiger partial charge in [-0.05, 0) is 56.5 Å². The molecule has 0 bridgehead atoms. The van der Waals surface area contributed by atoms with Gasteiger partial charge in [0.1, 0.15) is 5.75 Å². The van der Waals surface area contributed by atoms with Gasteiger partial charge in [-0.3, -0.25) is 9.89 Å². The van der Waals surface area contributed by atoms with Crippen molar-refractivity contribution < 1.29 is 4.74 Å². The Morgan fingerprint density at radius 1 is 1.22 bits per heavy atom. The third kappa shape index (κ3) is 7.49. The van der Waals surface area contributed by atoms with Crippen molar-refractivity contribution in [3.8, 4) is 5.75 Å². The van der Waals surface area contributed by atoms with E-state index < -0.39 is 0 Å². The molecule has 0 radical (unpaired) electrons. The average molecular weight is 488 g/mol. The van der Waals surface area contributed by atoms with E-state index in [1.54, 1.807) is 7.11 Å². The predicted molar refractivity (Wildman–Crippen MR) is 125 cm³/mol. The van der Waals surface area contributed by atoms with E-state index in [2.05, 4.69) is 58.8 Å². The summed E-state index contributed by atoms with van der Waals surface area (Å²) in [6.07, 6.45) is 6.18. The first kappa shape index (κ1) is 24.0. The molecule has 6 heteroatoms. The smallest absolute Gasteiger partial charge is 0.190 e. The first-order valence-electron chi connectivity index (χ1n) is 9.98. The SMILES string of the molecule is CCCCCNC(=NC)NCC1CCCN(C)C1c1ccc(OC)cc1.I. The quantitative estimate of drug-likeness (QED) is 0.251. The van der Waals surface area contributed by atoms with Crippen LogP contribution < -0.4 is 15.4 Å². The van der Waals surface area contributed by atoms with E-state index in [-0.39, 0.29) is 24.0 Å². The molecule has 0 amide bonds. The lowest BCUT2D eigenvalue weighted by molar-refractivity contribution is 0.122. The Morgan fingerprint density at radius 2 is 1.96 bits per heavy atom. The zero-order chi connectivity index (χ0) is 18.8. The van der Waals surface area contributed by atoms with Crippen LogP contribution in [0.2, 0.25) is 0 Å². The summed E-state index contributed by atoms with van der Waals surface area (Å²) in [5.41, 5.74) is 1.37. The van der Waals surface area contributed by atoms with Crippen molar-refractivity contribution in [3.05, 3.63) is 29.8 Å². The van der Waals surface area contributed by atoms with Gasteiger partial charge in [0.2, 0.25) is 0 Å². The maximum atomic E-state index is 5.31. The second kappa shape index (κ2) is 13.2. The number of benzene rings is 1. The van der Waals surface area contributed by atoms with Gasteiger partial charge in [-0.15, -0.1) is 24.0 Å². The number of piperidine rings is 1. The number of nitrogens with zero attached hydrogens (tertiary/aromatic N) is 2. The minimum atomic E-state index is 0. The van der Waals surface area contributed by atoms with Crippen LogP contribution in [0.3, 0.4) is 0 Å². The third-order valence-corrected chi connectivity index (χ3v) is 5.29. The molecule has 154 valence electrons. The predicted octanol–water partition coefficient (Wildman–Crippen LogP) is 4.05. The molecule has 0 aromatic heterocycles. The molecule has 1 aliphatic heterocycles. The average Bonchev–Trinajstić information content (AvgIpc) is 2.67. The molecule has 2 unspecified atom stereocenters. The van der Waals surface area contributed by atoms with E-state index in [9.17, 15) is 0 Å². The molecule has 0 spiro atoms. The molecule has 1 heterocycles. The number of halogens is 1. The summed E-state index contributed by atoms with van der Waals surface area (Å²) in [6, 6.07) is 8.97. The maximum Gasteiger partial charge on any atom is 0.190 e. The van der Waals surface area contributed by atoms with Crippen molar-refractivity contribution in [2.45, 2.75) is 45.1 Å². The molecule has 0 saturated carbocycles. The number of likely N-dealkylation sites (tertiary alicyclic amines) is 1. The standard InChI is InChI=1S/C21H36N4O.HI/c1-5-6-7-14-23-21(22-2)24-16-18-9-8-15-25(3)20(18)17-10-12-19(26-4)13-11-17;/h10-13,18,20H,5-9,14-16H2,1-4H3,(H2,22,23,24);1H. The minimum absolute atomic E-state index is 0. The molecule has 1 aliphatic rings. The van der Waals surface area contributed by atoms with Crippen LogP contribution in [-0.2, 0) is 0 Å². The van der Waals surface area contributed by atoms with Gasteiger partial charge >= 0.3 is 0 Å². The van der Waals surface area contributed by atoms with Crippen LogP contribution in [0.5, 0.6) is 5.75 Å². The monoisotopic (exact) mass is 488 g/mol. The van der Waals surface area contributed by atoms with Crippen molar-refractivity contribution >= 4 is 29.9 Å². The lowest BCUT2D eigenvalue weighted by Crippen LogP contribution is -2.45. The Hall–Kier alpha value is -1.02. The zero-order valence-corrected chi connectivity index (χ0v) is 19.7. The molecule has 0 aliphatic carbocycles. The van der Waals surface area contributed by atoms with E-state index >= 15 is 0 Å². The van der Waals surface area contributed by atoms with Crippen LogP contribution in [0.1, 0.15) is 50.6 Å². The molecule has 1 fully saturated rings. The molecule has 5 nitrogen and oxygen atoms in total. The number of hydrogen-bond acceptors (Lipinski definition) is 3. The summed E-state index contributed by atoms with van der Waals surface area (Å²) in [5.74, 6) is 2.40. The van der Waals surface area contributed by atoms with Crippen molar-refractivity contribution in [1.29, 1.82) is 0 Å². The minimum Gasteiger partial charge on any atom is -0.497 e. The molecule has 1 aromatic carbocycles. The maximum absolute atomic E-state index is 5.31. The van der Waals surface area contributed by atoms with Gasteiger partial charge < -0.3 is 15.4 Å². The highest BCUT2D eigenvalue weighted by atomic mass is 127. The number of ether oxygens (including phenoxy) is 1. The largest absolute Gasteiger partial charge is 0.497 e. The topological polar surface area (TPSA) is 48.9 Å². The summed E-state index contributed by atoms with van der Waals surface area (Å²) in [5, 5.41) is 6.98. The lowest BCUT2D eigenvalue weighted by atomic mass is 9.85. The van der Waals surface area contributed by atoms with Crippen molar-refractivity contribution in [2.75, 3.05) is 40.8 Å². The highest BCUT2D eigenvalue weighted by Crippen LogP contribution is 2.35. The summed E-state index contributed by atoms with van der Waals surface area (Å²) < 4.78 is 5.31. The van der Waals surface area contributed by atoms with Gasteiger partial charge in [-0.2, -0.15) is 0 Å². The molecular formula is C21H37IN4O. The number of hydrogen-bond donors (Lipinski definition) is 2. The Kier molecular flexibility index (Phi) is 11.7. The number of methoxy groups -OCH3 is 1. The lowest BCUT2D eigenvalue weighted by Gasteiger charge is -2.40. The fourth-order valence-corrected chi connectivity index (χ4v) is 3.83. The normalized spacial score (nSPS) is 20.7. The summed E-state index contributed by atoms with van der Waals surface area (Å²) >= 11 is 0. The molecular weight excluding hydrogens is 451 g/mol. The number of rotatable bonds is 8. The second-order valence-corrected chi connectivity index (χ2v) is 7.19. The second-order valence-electron chi connectivity index (χ2n) is 7.19. The first-order chi connectivity index (χ1) is 12.7. The van der Waals surface area contributed by atoms with Crippen molar-refractivity contribution in [2.24, 2.45) is 10.9 Å². The van der Waals surface area contributed by atoms with Gasteiger partial charge in [0.05, 0.1) is 7.11 Å². The number of nitrogens with one attached hydrogen (secondary N) is 2. The fourth-order valence-electron chi connectivity index (χ4n) is 3.83. The van der Waals surface area contributed by atoms with E-state index in [4.69, 9.17) is 4.74 Å². The Labute approximate surface area is 182 Å². The van der Waals surface area contributed by atoms with E-state index in [0.29, 0.717) is 12.0 Å². The van der Waals surface area contributed by atoms with E-state index in [1.165, 1.54) is 37.7 Å². The molecule has 2 N–H and O–H groups in total. The van der Waals surface area contributed by atoms with Gasteiger partial charge in [0.25, 0.3) is 0 Å². The first-order valence-corrected chi connectivity index (χ1v) is 9.98. The van der Waals surface area contributed by atoms with Crippen molar-refractivity contribution in [1.82, 2.24) is 15.5 Å². The van der Waals surface area contributed by atoms with Crippen LogP contribution in [-0.4, -0.2) is 51.7 Å². The Morgan fingerprint density at radius 3 is 2.59 bits per heavy atom. The van der Waals surface area contributed by atoms with Crippen LogP contribution in [0.4, 0.5) is 0 Å². The Bertz CT molecular complexity index is 550. The molecule has 1 saturated heterocycles. The number of unbranched alkanes of at least 4 members (excludes halogenated alkanes) is 2. The van der Waals surface area contributed by atoms with Crippen LogP contribution in [0.15, 0.2) is 29.3 Å². The van der Waals surface area contributed by atoms with Crippen LogP contribution >= 0.6 is 24.0 Å². The highest BCUT2D eigenvalue weighted by molar-refractivity contribution is 14.0. The summed E-state index contributed by atoms with van der Waals surface area (Å²) in [4.78, 5) is 6.86. The van der Waals surface area contributed by atoms with Crippen molar-refractivity contribution in [3.63, 3.8) is 0 Å². The third-order valence-electron chi connectivity index (χ3n) is 5.29. The van der Waals surface area contributed by atoms with Crippen LogP contribution in [0.25, 0.3) is 0 Å². The van der Waals surface area contributed by atoms with Crippen LogP contribution in [0, 0.1) is 5.92 Å². The number of guanidine groups is 1. The molecule has 1 aromatic rings. The fraction of sp³-hybridized carbons (Fsp3) is 0.667.